The van der Waals surface area contributed by atoms with Crippen molar-refractivity contribution in [3.05, 3.63) is 58.9 Å². The number of benzene rings is 1. The van der Waals surface area contributed by atoms with E-state index in [0.717, 1.165) is 12.0 Å². The number of aromatic nitrogens is 1. The van der Waals surface area contributed by atoms with Gasteiger partial charge in [-0.3, -0.25) is 9.78 Å². The molecule has 1 aromatic carbocycles. The highest BCUT2D eigenvalue weighted by atomic mass is 35.5. The highest BCUT2D eigenvalue weighted by molar-refractivity contribution is 6.32. The smallest absolute Gasteiger partial charge is 0.153 e. The minimum atomic E-state index is 0.432. The van der Waals surface area contributed by atoms with Crippen molar-refractivity contribution in [2.45, 2.75) is 6.42 Å². The first-order valence-corrected chi connectivity index (χ1v) is 5.95. The van der Waals surface area contributed by atoms with Crippen molar-refractivity contribution >= 4 is 17.9 Å². The third-order valence-corrected chi connectivity index (χ3v) is 2.75. The summed E-state index contributed by atoms with van der Waals surface area (Å²) in [7, 11) is 0. The molecule has 0 spiro atoms. The number of halogens is 1. The fourth-order valence-corrected chi connectivity index (χ4v) is 1.81. The van der Waals surface area contributed by atoms with Crippen LogP contribution in [0.2, 0.25) is 5.02 Å². The molecule has 0 amide bonds. The minimum Gasteiger partial charge on any atom is -0.491 e. The first-order valence-electron chi connectivity index (χ1n) is 5.57. The van der Waals surface area contributed by atoms with Gasteiger partial charge in [-0.25, -0.2) is 0 Å². The molecular formula is C14H12ClNO2. The van der Waals surface area contributed by atoms with Gasteiger partial charge in [0.2, 0.25) is 0 Å². The zero-order valence-corrected chi connectivity index (χ0v) is 10.4. The number of carbonyl (C=O) groups is 1. The Balaban J connectivity index is 2.00. The van der Waals surface area contributed by atoms with Gasteiger partial charge in [0.25, 0.3) is 0 Å². The van der Waals surface area contributed by atoms with Gasteiger partial charge in [-0.15, -0.1) is 0 Å². The monoisotopic (exact) mass is 261 g/mol. The molecule has 0 atom stereocenters. The molecule has 0 fully saturated rings. The molecule has 4 heteroatoms. The van der Waals surface area contributed by atoms with Gasteiger partial charge in [0.15, 0.2) is 6.29 Å². The second kappa shape index (κ2) is 6.17. The van der Waals surface area contributed by atoms with E-state index < -0.39 is 0 Å². The van der Waals surface area contributed by atoms with Crippen LogP contribution in [0.15, 0.2) is 42.6 Å². The van der Waals surface area contributed by atoms with E-state index in [1.807, 2.05) is 18.2 Å². The molecule has 0 unspecified atom stereocenters. The van der Waals surface area contributed by atoms with E-state index in [1.165, 1.54) is 0 Å². The van der Waals surface area contributed by atoms with Gasteiger partial charge in [0, 0.05) is 18.3 Å². The number of pyridine rings is 1. The van der Waals surface area contributed by atoms with E-state index in [4.69, 9.17) is 16.3 Å². The standard InChI is InChI=1S/C14H12ClNO2/c15-13-6-3-4-11(10-17)14(13)18-9-7-12-5-1-2-8-16-12/h1-6,8,10H,7,9H2. The lowest BCUT2D eigenvalue weighted by atomic mass is 10.2. The molecule has 0 saturated carbocycles. The van der Waals surface area contributed by atoms with Gasteiger partial charge in [0.05, 0.1) is 17.2 Å². The van der Waals surface area contributed by atoms with Crippen LogP contribution >= 0.6 is 11.6 Å². The first-order chi connectivity index (χ1) is 8.81. The van der Waals surface area contributed by atoms with E-state index in [2.05, 4.69) is 4.98 Å². The van der Waals surface area contributed by atoms with Crippen LogP contribution in [0.4, 0.5) is 0 Å². The predicted molar refractivity (Wildman–Crippen MR) is 70.3 cm³/mol. The van der Waals surface area contributed by atoms with Gasteiger partial charge < -0.3 is 4.74 Å². The molecule has 2 aromatic rings. The van der Waals surface area contributed by atoms with Crippen LogP contribution in [0, 0.1) is 0 Å². The van der Waals surface area contributed by atoms with E-state index in [9.17, 15) is 4.79 Å². The summed E-state index contributed by atoms with van der Waals surface area (Å²) in [6.07, 6.45) is 3.15. The molecular weight excluding hydrogens is 250 g/mol. The normalized spacial score (nSPS) is 10.1. The summed E-state index contributed by atoms with van der Waals surface area (Å²) in [6, 6.07) is 10.8. The average Bonchev–Trinajstić information content (AvgIpc) is 2.41. The summed E-state index contributed by atoms with van der Waals surface area (Å²) in [5.74, 6) is 0.435. The minimum absolute atomic E-state index is 0.432. The molecule has 3 nitrogen and oxygen atoms in total. The second-order valence-electron chi connectivity index (χ2n) is 3.70. The zero-order chi connectivity index (χ0) is 12.8. The lowest BCUT2D eigenvalue weighted by Crippen LogP contribution is -2.04. The molecule has 0 bridgehead atoms. The van der Waals surface area contributed by atoms with E-state index in [-0.39, 0.29) is 0 Å². The summed E-state index contributed by atoms with van der Waals surface area (Å²) in [6.45, 7) is 0.432. The van der Waals surface area contributed by atoms with Gasteiger partial charge in [-0.1, -0.05) is 23.7 Å². The molecule has 0 N–H and O–H groups in total. The Morgan fingerprint density at radius 3 is 2.83 bits per heavy atom. The number of nitrogens with zero attached hydrogens (tertiary/aromatic N) is 1. The number of carbonyl (C=O) groups excluding carboxylic acids is 1. The maximum Gasteiger partial charge on any atom is 0.153 e. The van der Waals surface area contributed by atoms with Crippen molar-refractivity contribution in [2.24, 2.45) is 0 Å². The molecule has 92 valence electrons. The number of ether oxygens (including phenoxy) is 1. The average molecular weight is 262 g/mol. The van der Waals surface area contributed by atoms with Crippen LogP contribution in [0.5, 0.6) is 5.75 Å². The highest BCUT2D eigenvalue weighted by Crippen LogP contribution is 2.27. The topological polar surface area (TPSA) is 39.2 Å². The molecule has 0 aliphatic heterocycles. The lowest BCUT2D eigenvalue weighted by Gasteiger charge is -2.09. The van der Waals surface area contributed by atoms with Gasteiger partial charge in [-0.2, -0.15) is 0 Å². The molecule has 0 radical (unpaired) electrons. The van der Waals surface area contributed by atoms with Crippen molar-refractivity contribution in [1.29, 1.82) is 0 Å². The SMILES string of the molecule is O=Cc1cccc(Cl)c1OCCc1ccccn1. The van der Waals surface area contributed by atoms with Gasteiger partial charge in [-0.05, 0) is 24.3 Å². The van der Waals surface area contributed by atoms with Crippen molar-refractivity contribution in [3.63, 3.8) is 0 Å². The number of aldehydes is 1. The fraction of sp³-hybridized carbons (Fsp3) is 0.143. The third-order valence-electron chi connectivity index (χ3n) is 2.46. The summed E-state index contributed by atoms with van der Waals surface area (Å²) in [5.41, 5.74) is 1.40. The molecule has 1 aromatic heterocycles. The van der Waals surface area contributed by atoms with Gasteiger partial charge in [0.1, 0.15) is 5.75 Å². The quantitative estimate of drug-likeness (QED) is 0.776. The first kappa shape index (κ1) is 12.6. The van der Waals surface area contributed by atoms with E-state index in [1.54, 1.807) is 24.4 Å². The summed E-state index contributed by atoms with van der Waals surface area (Å²) in [5, 5.41) is 0.445. The van der Waals surface area contributed by atoms with Crippen LogP contribution in [0.3, 0.4) is 0 Å². The van der Waals surface area contributed by atoms with Crippen LogP contribution in [0.1, 0.15) is 16.1 Å². The Morgan fingerprint density at radius 1 is 1.22 bits per heavy atom. The van der Waals surface area contributed by atoms with Crippen molar-refractivity contribution in [1.82, 2.24) is 4.98 Å². The fourth-order valence-electron chi connectivity index (χ4n) is 1.57. The van der Waals surface area contributed by atoms with Crippen molar-refractivity contribution in [2.75, 3.05) is 6.61 Å². The largest absolute Gasteiger partial charge is 0.491 e. The molecule has 18 heavy (non-hydrogen) atoms. The number of para-hydroxylation sites is 1. The predicted octanol–water partition coefficient (Wildman–Crippen LogP) is 3.17. The maximum absolute atomic E-state index is 10.9. The maximum atomic E-state index is 10.9. The van der Waals surface area contributed by atoms with Crippen LogP contribution < -0.4 is 4.74 Å². The molecule has 1 heterocycles. The number of hydrogen-bond donors (Lipinski definition) is 0. The van der Waals surface area contributed by atoms with Crippen molar-refractivity contribution < 1.29 is 9.53 Å². The Hall–Kier alpha value is -1.87. The Morgan fingerprint density at radius 2 is 2.11 bits per heavy atom. The summed E-state index contributed by atoms with van der Waals surface area (Å²) >= 11 is 5.99. The van der Waals surface area contributed by atoms with Gasteiger partial charge >= 0.3 is 0 Å². The second-order valence-corrected chi connectivity index (χ2v) is 4.10. The summed E-state index contributed by atoms with van der Waals surface area (Å²) < 4.78 is 5.56. The van der Waals surface area contributed by atoms with Crippen LogP contribution in [-0.4, -0.2) is 17.9 Å². The Labute approximate surface area is 110 Å². The van der Waals surface area contributed by atoms with E-state index >= 15 is 0 Å². The number of rotatable bonds is 5. The van der Waals surface area contributed by atoms with Crippen LogP contribution in [-0.2, 0) is 6.42 Å². The molecule has 2 rings (SSSR count). The molecule has 0 aliphatic rings. The Bertz CT molecular complexity index is 529. The van der Waals surface area contributed by atoms with Crippen molar-refractivity contribution in [3.8, 4) is 5.75 Å². The zero-order valence-electron chi connectivity index (χ0n) is 9.67. The van der Waals surface area contributed by atoms with Crippen LogP contribution in [0.25, 0.3) is 0 Å². The summed E-state index contributed by atoms with van der Waals surface area (Å²) in [4.78, 5) is 15.1. The third kappa shape index (κ3) is 3.08. The van der Waals surface area contributed by atoms with E-state index in [0.29, 0.717) is 29.4 Å². The molecule has 0 aliphatic carbocycles. The highest BCUT2D eigenvalue weighted by Gasteiger charge is 2.07. The number of hydrogen-bond acceptors (Lipinski definition) is 3. The Kier molecular flexibility index (Phi) is 4.31. The lowest BCUT2D eigenvalue weighted by molar-refractivity contribution is 0.111. The molecule has 0 saturated heterocycles.